The van der Waals surface area contributed by atoms with Crippen LogP contribution < -0.4 is 10.5 Å². The molecule has 0 saturated heterocycles. The molecule has 0 spiro atoms. The Hall–Kier alpha value is -2.01. The van der Waals surface area contributed by atoms with Gasteiger partial charge in [-0.1, -0.05) is 13.0 Å². The van der Waals surface area contributed by atoms with E-state index in [9.17, 15) is 0 Å². The average Bonchev–Trinajstić information content (AvgIpc) is 3.06. The largest absolute Gasteiger partial charge is 0.492 e. The van der Waals surface area contributed by atoms with Crippen LogP contribution >= 0.6 is 11.3 Å². The second-order valence-corrected chi connectivity index (χ2v) is 5.84. The topological polar surface area (TPSA) is 53.1 Å². The Morgan fingerprint density at radius 3 is 2.90 bits per heavy atom. The highest BCUT2D eigenvalue weighted by molar-refractivity contribution is 7.10. The van der Waals surface area contributed by atoms with Crippen molar-refractivity contribution >= 4 is 28.3 Å². The van der Waals surface area contributed by atoms with Gasteiger partial charge in [0.05, 0.1) is 18.7 Å². The summed E-state index contributed by atoms with van der Waals surface area (Å²) in [7, 11) is 0. The lowest BCUT2D eigenvalue weighted by molar-refractivity contribution is 0.343. The minimum Gasteiger partial charge on any atom is -0.492 e. The number of nitrogen functional groups attached to an aromatic ring is 1. The highest BCUT2D eigenvalue weighted by atomic mass is 32.1. The van der Waals surface area contributed by atoms with E-state index < -0.39 is 0 Å². The molecule has 4 nitrogen and oxygen atoms in total. The molecule has 0 saturated carbocycles. The third-order valence-corrected chi connectivity index (χ3v) is 4.54. The zero-order valence-corrected chi connectivity index (χ0v) is 13.1. The van der Waals surface area contributed by atoms with Gasteiger partial charge in [0.15, 0.2) is 0 Å². The summed E-state index contributed by atoms with van der Waals surface area (Å²) < 4.78 is 7.70. The zero-order valence-electron chi connectivity index (χ0n) is 12.3. The van der Waals surface area contributed by atoms with Crippen molar-refractivity contribution in [3.63, 3.8) is 0 Å². The van der Waals surface area contributed by atoms with Gasteiger partial charge in [0.25, 0.3) is 0 Å². The zero-order chi connectivity index (χ0) is 14.8. The van der Waals surface area contributed by atoms with E-state index in [2.05, 4.69) is 27.9 Å². The van der Waals surface area contributed by atoms with Crippen LogP contribution in [0.5, 0.6) is 5.75 Å². The molecular formula is C16H19N3OS. The van der Waals surface area contributed by atoms with Gasteiger partial charge in [0, 0.05) is 4.88 Å². The van der Waals surface area contributed by atoms with Crippen molar-refractivity contribution < 1.29 is 4.74 Å². The van der Waals surface area contributed by atoms with Gasteiger partial charge < -0.3 is 15.0 Å². The molecule has 2 N–H and O–H groups in total. The molecule has 5 heteroatoms. The normalized spacial score (nSPS) is 11.1. The number of ether oxygens (including phenoxy) is 1. The number of imidazole rings is 1. The molecule has 2 aromatic heterocycles. The number of benzene rings is 1. The molecule has 2 heterocycles. The van der Waals surface area contributed by atoms with Gasteiger partial charge in [-0.15, -0.1) is 11.3 Å². The number of aromatic nitrogens is 2. The Morgan fingerprint density at radius 1 is 1.29 bits per heavy atom. The number of thiophene rings is 1. The lowest BCUT2D eigenvalue weighted by Gasteiger charge is -2.07. The number of rotatable bonds is 5. The predicted octanol–water partition coefficient (Wildman–Crippen LogP) is 3.69. The van der Waals surface area contributed by atoms with Crippen LogP contribution in [0.15, 0.2) is 29.6 Å². The standard InChI is InChI=1S/C16H19N3OS/c1-3-11-8-9-21-14(11)10-19-12-6-5-7-13(20-4-2)15(12)18-16(19)17/h5-9H,3-4,10H2,1-2H3,(H2,17,18). The number of nitrogens with two attached hydrogens (primary N) is 1. The molecule has 0 fully saturated rings. The fourth-order valence-electron chi connectivity index (χ4n) is 2.54. The Kier molecular flexibility index (Phi) is 3.84. The van der Waals surface area contributed by atoms with Gasteiger partial charge in [-0.25, -0.2) is 4.98 Å². The minimum absolute atomic E-state index is 0.535. The Morgan fingerprint density at radius 2 is 2.14 bits per heavy atom. The number of para-hydroxylation sites is 1. The monoisotopic (exact) mass is 301 g/mol. The number of aryl methyl sites for hydroxylation is 1. The van der Waals surface area contributed by atoms with E-state index in [-0.39, 0.29) is 0 Å². The number of fused-ring (bicyclic) bond motifs is 1. The maximum Gasteiger partial charge on any atom is 0.201 e. The Bertz CT molecular complexity index is 760. The Balaban J connectivity index is 2.06. The molecule has 0 radical (unpaired) electrons. The van der Waals surface area contributed by atoms with Crippen molar-refractivity contribution in [2.45, 2.75) is 26.8 Å². The third kappa shape index (κ3) is 2.49. The molecular weight excluding hydrogens is 282 g/mol. The molecule has 21 heavy (non-hydrogen) atoms. The van der Waals surface area contributed by atoms with E-state index in [0.29, 0.717) is 12.6 Å². The van der Waals surface area contributed by atoms with Crippen molar-refractivity contribution in [3.05, 3.63) is 40.1 Å². The molecule has 110 valence electrons. The van der Waals surface area contributed by atoms with E-state index in [1.54, 1.807) is 11.3 Å². The molecule has 0 bridgehead atoms. The summed E-state index contributed by atoms with van der Waals surface area (Å²) in [6.07, 6.45) is 1.04. The summed E-state index contributed by atoms with van der Waals surface area (Å²) in [6, 6.07) is 8.15. The number of hydrogen-bond acceptors (Lipinski definition) is 4. The van der Waals surface area contributed by atoms with Crippen LogP contribution in [0, 0.1) is 0 Å². The molecule has 0 aliphatic carbocycles. The van der Waals surface area contributed by atoms with Crippen LogP contribution in [-0.4, -0.2) is 16.2 Å². The Labute approximate surface area is 128 Å². The van der Waals surface area contributed by atoms with E-state index in [1.807, 2.05) is 25.1 Å². The molecule has 3 aromatic rings. The van der Waals surface area contributed by atoms with Crippen LogP contribution in [0.3, 0.4) is 0 Å². The SMILES string of the molecule is CCOc1cccc2c1nc(N)n2Cc1sccc1CC. The number of anilines is 1. The van der Waals surface area contributed by atoms with Crippen LogP contribution in [0.2, 0.25) is 0 Å². The first-order valence-corrected chi connectivity index (χ1v) is 8.05. The van der Waals surface area contributed by atoms with Crippen LogP contribution in [0.1, 0.15) is 24.3 Å². The van der Waals surface area contributed by atoms with Crippen molar-refractivity contribution in [3.8, 4) is 5.75 Å². The summed E-state index contributed by atoms with van der Waals surface area (Å²) in [4.78, 5) is 5.83. The first-order valence-electron chi connectivity index (χ1n) is 7.17. The molecule has 0 aliphatic rings. The highest BCUT2D eigenvalue weighted by Crippen LogP contribution is 2.29. The highest BCUT2D eigenvalue weighted by Gasteiger charge is 2.14. The van der Waals surface area contributed by atoms with E-state index in [0.717, 1.165) is 29.7 Å². The van der Waals surface area contributed by atoms with Crippen LogP contribution in [0.4, 0.5) is 5.95 Å². The van der Waals surface area contributed by atoms with Gasteiger partial charge in [-0.3, -0.25) is 0 Å². The minimum atomic E-state index is 0.535. The summed E-state index contributed by atoms with van der Waals surface area (Å²) >= 11 is 1.77. The lowest BCUT2D eigenvalue weighted by atomic mass is 10.2. The maximum absolute atomic E-state index is 6.13. The lowest BCUT2D eigenvalue weighted by Crippen LogP contribution is -2.04. The molecule has 0 atom stereocenters. The van der Waals surface area contributed by atoms with Crippen molar-refractivity contribution in [2.75, 3.05) is 12.3 Å². The molecule has 3 rings (SSSR count). The van der Waals surface area contributed by atoms with E-state index in [4.69, 9.17) is 10.5 Å². The number of nitrogens with zero attached hydrogens (tertiary/aromatic N) is 2. The van der Waals surface area contributed by atoms with E-state index in [1.165, 1.54) is 10.4 Å². The van der Waals surface area contributed by atoms with Gasteiger partial charge in [0.2, 0.25) is 5.95 Å². The fourth-order valence-corrected chi connectivity index (χ4v) is 3.51. The average molecular weight is 301 g/mol. The summed E-state index contributed by atoms with van der Waals surface area (Å²) in [5.74, 6) is 1.33. The van der Waals surface area contributed by atoms with Crippen molar-refractivity contribution in [1.82, 2.24) is 9.55 Å². The van der Waals surface area contributed by atoms with Gasteiger partial charge in [-0.05, 0) is 42.5 Å². The van der Waals surface area contributed by atoms with Crippen LogP contribution in [0.25, 0.3) is 11.0 Å². The van der Waals surface area contributed by atoms with Crippen molar-refractivity contribution in [2.24, 2.45) is 0 Å². The van der Waals surface area contributed by atoms with Gasteiger partial charge >= 0.3 is 0 Å². The number of hydrogen-bond donors (Lipinski definition) is 1. The third-order valence-electron chi connectivity index (χ3n) is 3.59. The summed E-state index contributed by atoms with van der Waals surface area (Å²) in [5, 5.41) is 2.13. The first-order chi connectivity index (χ1) is 10.2. The first kappa shape index (κ1) is 13.9. The van der Waals surface area contributed by atoms with E-state index >= 15 is 0 Å². The fraction of sp³-hybridized carbons (Fsp3) is 0.312. The predicted molar refractivity (Wildman–Crippen MR) is 88.1 cm³/mol. The molecule has 0 aliphatic heterocycles. The quantitative estimate of drug-likeness (QED) is 0.782. The molecule has 1 aromatic carbocycles. The summed E-state index contributed by atoms with van der Waals surface area (Å²) in [6.45, 7) is 5.53. The van der Waals surface area contributed by atoms with Crippen molar-refractivity contribution in [1.29, 1.82) is 0 Å². The molecule has 0 unspecified atom stereocenters. The summed E-state index contributed by atoms with van der Waals surface area (Å²) in [5.41, 5.74) is 9.37. The van der Waals surface area contributed by atoms with Gasteiger partial charge in [0.1, 0.15) is 11.3 Å². The second kappa shape index (κ2) is 5.77. The van der Waals surface area contributed by atoms with Gasteiger partial charge in [-0.2, -0.15) is 0 Å². The smallest absolute Gasteiger partial charge is 0.201 e. The molecule has 0 amide bonds. The second-order valence-electron chi connectivity index (χ2n) is 4.84. The van der Waals surface area contributed by atoms with Crippen LogP contribution in [-0.2, 0) is 13.0 Å². The maximum atomic E-state index is 6.13.